The van der Waals surface area contributed by atoms with Crippen LogP contribution >= 0.6 is 0 Å². The Kier molecular flexibility index (Phi) is 3.29. The molecule has 0 aromatic carbocycles. The number of pyridine rings is 1. The number of ether oxygens (including phenoxy) is 1. The minimum absolute atomic E-state index is 0.323. The van der Waals surface area contributed by atoms with Crippen molar-refractivity contribution < 1.29 is 9.53 Å². The van der Waals surface area contributed by atoms with Crippen LogP contribution in [0.2, 0.25) is 0 Å². The number of nitrogens with zero attached hydrogens (tertiary/aromatic N) is 1. The third-order valence-electron chi connectivity index (χ3n) is 1.66. The summed E-state index contributed by atoms with van der Waals surface area (Å²) in [5.74, 6) is -0.398. The van der Waals surface area contributed by atoms with Crippen molar-refractivity contribution >= 4 is 11.7 Å². The molecule has 0 aliphatic heterocycles. The fourth-order valence-electron chi connectivity index (χ4n) is 0.993. The minimum Gasteiger partial charge on any atom is -0.455 e. The molecule has 0 atom stereocenters. The molecule has 0 unspecified atom stereocenters. The summed E-state index contributed by atoms with van der Waals surface area (Å²) in [5, 5.41) is 2.93. The normalized spacial score (nSPS) is 10.9. The maximum atomic E-state index is 11.6. The van der Waals surface area contributed by atoms with Crippen molar-refractivity contribution in [2.75, 3.05) is 12.4 Å². The zero-order valence-corrected chi connectivity index (χ0v) is 9.50. The van der Waals surface area contributed by atoms with Crippen LogP contribution in [0.5, 0.6) is 0 Å². The van der Waals surface area contributed by atoms with Crippen molar-refractivity contribution in [2.24, 2.45) is 0 Å². The Bertz CT molecular complexity index is 339. The third-order valence-corrected chi connectivity index (χ3v) is 1.66. The van der Waals surface area contributed by atoms with E-state index in [9.17, 15) is 4.79 Å². The van der Waals surface area contributed by atoms with Crippen LogP contribution in [0.4, 0.5) is 5.69 Å². The van der Waals surface area contributed by atoms with Crippen LogP contribution in [0, 0.1) is 0 Å². The number of rotatable bonds is 2. The van der Waals surface area contributed by atoms with Crippen LogP contribution in [0.3, 0.4) is 0 Å². The molecule has 82 valence electrons. The lowest BCUT2D eigenvalue weighted by Gasteiger charge is -2.19. The fourth-order valence-corrected chi connectivity index (χ4v) is 0.993. The second kappa shape index (κ2) is 4.29. The van der Waals surface area contributed by atoms with Gasteiger partial charge in [-0.05, 0) is 32.9 Å². The first-order chi connectivity index (χ1) is 6.92. The quantitative estimate of drug-likeness (QED) is 0.756. The van der Waals surface area contributed by atoms with Crippen molar-refractivity contribution in [1.82, 2.24) is 4.98 Å². The van der Waals surface area contributed by atoms with Crippen molar-refractivity contribution in [2.45, 2.75) is 26.4 Å². The van der Waals surface area contributed by atoms with E-state index < -0.39 is 11.6 Å². The van der Waals surface area contributed by atoms with Gasteiger partial charge in [0.2, 0.25) is 0 Å². The van der Waals surface area contributed by atoms with E-state index in [1.807, 2.05) is 20.8 Å². The van der Waals surface area contributed by atoms with E-state index in [-0.39, 0.29) is 0 Å². The average Bonchev–Trinajstić information content (AvgIpc) is 2.15. The summed E-state index contributed by atoms with van der Waals surface area (Å²) in [4.78, 5) is 15.6. The van der Waals surface area contributed by atoms with E-state index in [2.05, 4.69) is 10.3 Å². The molecule has 0 spiro atoms. The lowest BCUT2D eigenvalue weighted by molar-refractivity contribution is 0.00629. The Labute approximate surface area is 89.7 Å². The van der Waals surface area contributed by atoms with Gasteiger partial charge in [0.25, 0.3) is 0 Å². The molecule has 4 nitrogen and oxygen atoms in total. The molecule has 1 heterocycles. The first kappa shape index (κ1) is 11.5. The number of hydrogen-bond acceptors (Lipinski definition) is 4. The van der Waals surface area contributed by atoms with E-state index >= 15 is 0 Å². The average molecular weight is 208 g/mol. The highest BCUT2D eigenvalue weighted by atomic mass is 16.6. The van der Waals surface area contributed by atoms with Crippen LogP contribution in [-0.2, 0) is 4.74 Å². The highest BCUT2D eigenvalue weighted by molar-refractivity contribution is 5.87. The SMILES string of the molecule is CNc1ccc(C(=O)OC(C)(C)C)nc1. The van der Waals surface area contributed by atoms with Gasteiger partial charge in [0.1, 0.15) is 11.3 Å². The third kappa shape index (κ3) is 3.58. The Morgan fingerprint density at radius 2 is 2.07 bits per heavy atom. The molecule has 0 radical (unpaired) electrons. The lowest BCUT2D eigenvalue weighted by Crippen LogP contribution is -2.24. The first-order valence-electron chi connectivity index (χ1n) is 4.79. The molecule has 1 aromatic rings. The van der Waals surface area contributed by atoms with Gasteiger partial charge in [0.15, 0.2) is 0 Å². The second-order valence-electron chi connectivity index (χ2n) is 4.18. The van der Waals surface area contributed by atoms with Crippen molar-refractivity contribution in [1.29, 1.82) is 0 Å². The van der Waals surface area contributed by atoms with Gasteiger partial charge < -0.3 is 10.1 Å². The summed E-state index contributed by atoms with van der Waals surface area (Å²) in [6.45, 7) is 5.48. The Morgan fingerprint density at radius 3 is 2.47 bits per heavy atom. The largest absolute Gasteiger partial charge is 0.455 e. The fraction of sp³-hybridized carbons (Fsp3) is 0.455. The number of anilines is 1. The summed E-state index contributed by atoms with van der Waals surface area (Å²) in [6, 6.07) is 3.42. The zero-order valence-electron chi connectivity index (χ0n) is 9.50. The summed E-state index contributed by atoms with van der Waals surface area (Å²) in [7, 11) is 1.80. The maximum absolute atomic E-state index is 11.6. The van der Waals surface area contributed by atoms with Crippen molar-refractivity contribution in [3.63, 3.8) is 0 Å². The monoisotopic (exact) mass is 208 g/mol. The maximum Gasteiger partial charge on any atom is 0.357 e. The van der Waals surface area contributed by atoms with E-state index in [4.69, 9.17) is 4.74 Å². The Balaban J connectivity index is 2.75. The van der Waals surface area contributed by atoms with E-state index in [0.29, 0.717) is 5.69 Å². The predicted octanol–water partition coefficient (Wildman–Crippen LogP) is 2.08. The van der Waals surface area contributed by atoms with Gasteiger partial charge >= 0.3 is 5.97 Å². The molecule has 15 heavy (non-hydrogen) atoms. The van der Waals surface area contributed by atoms with Crippen molar-refractivity contribution in [3.8, 4) is 0 Å². The van der Waals surface area contributed by atoms with Crippen LogP contribution in [0.1, 0.15) is 31.3 Å². The molecule has 0 fully saturated rings. The topological polar surface area (TPSA) is 51.2 Å². The van der Waals surface area contributed by atoms with Gasteiger partial charge in [-0.1, -0.05) is 0 Å². The molecule has 1 N–H and O–H groups in total. The first-order valence-corrected chi connectivity index (χ1v) is 4.79. The number of esters is 1. The number of hydrogen-bond donors (Lipinski definition) is 1. The summed E-state index contributed by atoms with van der Waals surface area (Å²) in [5.41, 5.74) is 0.701. The molecule has 0 bridgehead atoms. The number of carbonyl (C=O) groups is 1. The van der Waals surface area contributed by atoms with E-state index in [1.54, 1.807) is 25.4 Å². The summed E-state index contributed by atoms with van der Waals surface area (Å²) >= 11 is 0. The number of nitrogens with one attached hydrogen (secondary N) is 1. The molecule has 4 heteroatoms. The minimum atomic E-state index is -0.486. The molecular weight excluding hydrogens is 192 g/mol. The molecular formula is C11H16N2O2. The summed E-state index contributed by atoms with van der Waals surface area (Å²) in [6.07, 6.45) is 1.60. The molecule has 1 aromatic heterocycles. The Morgan fingerprint density at radius 1 is 1.40 bits per heavy atom. The molecule has 0 amide bonds. The molecule has 0 saturated carbocycles. The molecule has 0 aliphatic rings. The van der Waals surface area contributed by atoms with Gasteiger partial charge in [-0.2, -0.15) is 0 Å². The van der Waals surface area contributed by atoms with Crippen molar-refractivity contribution in [3.05, 3.63) is 24.0 Å². The van der Waals surface area contributed by atoms with Gasteiger partial charge in [0, 0.05) is 7.05 Å². The molecule has 0 saturated heterocycles. The number of carbonyl (C=O) groups excluding carboxylic acids is 1. The van der Waals surface area contributed by atoms with Crippen LogP contribution in [-0.4, -0.2) is 23.6 Å². The predicted molar refractivity (Wildman–Crippen MR) is 59.0 cm³/mol. The Hall–Kier alpha value is -1.58. The van der Waals surface area contributed by atoms with Crippen LogP contribution < -0.4 is 5.32 Å². The van der Waals surface area contributed by atoms with Gasteiger partial charge in [0.05, 0.1) is 11.9 Å². The summed E-state index contributed by atoms with van der Waals surface area (Å²) < 4.78 is 5.18. The van der Waals surface area contributed by atoms with E-state index in [0.717, 1.165) is 5.69 Å². The van der Waals surface area contributed by atoms with Gasteiger partial charge in [-0.3, -0.25) is 0 Å². The smallest absolute Gasteiger partial charge is 0.357 e. The number of aromatic nitrogens is 1. The lowest BCUT2D eigenvalue weighted by atomic mass is 10.2. The molecule has 1 rings (SSSR count). The standard InChI is InChI=1S/C11H16N2O2/c1-11(2,3)15-10(14)9-6-5-8(12-4)7-13-9/h5-7,12H,1-4H3. The van der Waals surface area contributed by atoms with Gasteiger partial charge in [-0.25, -0.2) is 9.78 Å². The van der Waals surface area contributed by atoms with E-state index in [1.165, 1.54) is 0 Å². The zero-order chi connectivity index (χ0) is 11.5. The van der Waals surface area contributed by atoms with Gasteiger partial charge in [-0.15, -0.1) is 0 Å². The highest BCUT2D eigenvalue weighted by Crippen LogP contribution is 2.12. The van der Waals surface area contributed by atoms with Crippen LogP contribution in [0.25, 0.3) is 0 Å². The second-order valence-corrected chi connectivity index (χ2v) is 4.18. The molecule has 0 aliphatic carbocycles. The highest BCUT2D eigenvalue weighted by Gasteiger charge is 2.18. The van der Waals surface area contributed by atoms with Crippen LogP contribution in [0.15, 0.2) is 18.3 Å².